The summed E-state index contributed by atoms with van der Waals surface area (Å²) in [5.41, 5.74) is 0.968. The minimum absolute atomic E-state index is 0.0220. The van der Waals surface area contributed by atoms with Gasteiger partial charge in [0.15, 0.2) is 5.76 Å². The summed E-state index contributed by atoms with van der Waals surface area (Å²) in [7, 11) is -3.68. The number of aromatic hydroxyl groups is 1. The monoisotopic (exact) mass is 378 g/mol. The van der Waals surface area contributed by atoms with Gasteiger partial charge in [-0.15, -0.1) is 0 Å². The van der Waals surface area contributed by atoms with Crippen LogP contribution in [-0.2, 0) is 16.4 Å². The zero-order valence-corrected chi connectivity index (χ0v) is 15.2. The third-order valence-electron chi connectivity index (χ3n) is 4.35. The molecule has 1 aliphatic rings. The van der Waals surface area contributed by atoms with E-state index in [1.807, 2.05) is 0 Å². The van der Waals surface area contributed by atoms with Crippen molar-refractivity contribution in [2.75, 3.05) is 19.6 Å². The summed E-state index contributed by atoms with van der Waals surface area (Å²) in [4.78, 5) is 12.2. The van der Waals surface area contributed by atoms with E-state index in [1.165, 1.54) is 16.4 Å². The third-order valence-corrected chi connectivity index (χ3v) is 6.12. The van der Waals surface area contributed by atoms with Gasteiger partial charge in [0, 0.05) is 19.6 Å². The zero-order chi connectivity index (χ0) is 18.6. The summed E-state index contributed by atoms with van der Waals surface area (Å²) in [5.74, 6) is -0.286. The number of rotatable bonds is 6. The first-order valence-corrected chi connectivity index (χ1v) is 10.1. The summed E-state index contributed by atoms with van der Waals surface area (Å²) < 4.78 is 31.8. The van der Waals surface area contributed by atoms with Crippen molar-refractivity contribution in [2.45, 2.75) is 30.8 Å². The number of nitrogens with zero attached hydrogens (tertiary/aromatic N) is 1. The van der Waals surface area contributed by atoms with Gasteiger partial charge in [0.2, 0.25) is 5.09 Å². The van der Waals surface area contributed by atoms with Crippen molar-refractivity contribution >= 4 is 15.9 Å². The smallest absolute Gasteiger partial charge is 0.287 e. The second-order valence-electron chi connectivity index (χ2n) is 6.26. The molecule has 8 heteroatoms. The lowest BCUT2D eigenvalue weighted by Crippen LogP contribution is -2.35. The molecule has 3 rings (SSSR count). The van der Waals surface area contributed by atoms with E-state index >= 15 is 0 Å². The van der Waals surface area contributed by atoms with E-state index in [0.29, 0.717) is 26.1 Å². The summed E-state index contributed by atoms with van der Waals surface area (Å²) in [6.07, 6.45) is 3.29. The molecule has 2 aromatic rings. The van der Waals surface area contributed by atoms with Crippen molar-refractivity contribution in [2.24, 2.45) is 0 Å². The summed E-state index contributed by atoms with van der Waals surface area (Å²) >= 11 is 0. The number of hydrogen-bond acceptors (Lipinski definition) is 5. The van der Waals surface area contributed by atoms with E-state index in [2.05, 4.69) is 5.32 Å². The van der Waals surface area contributed by atoms with Crippen molar-refractivity contribution in [1.82, 2.24) is 9.62 Å². The van der Waals surface area contributed by atoms with Crippen LogP contribution in [0.1, 0.15) is 35.4 Å². The maximum absolute atomic E-state index is 12.5. The van der Waals surface area contributed by atoms with Gasteiger partial charge >= 0.3 is 0 Å². The van der Waals surface area contributed by atoms with Gasteiger partial charge in [-0.2, -0.15) is 4.31 Å². The van der Waals surface area contributed by atoms with Gasteiger partial charge in [-0.05, 0) is 49.1 Å². The van der Waals surface area contributed by atoms with Crippen molar-refractivity contribution in [1.29, 1.82) is 0 Å². The van der Waals surface area contributed by atoms with E-state index in [9.17, 15) is 18.3 Å². The number of furan rings is 1. The molecule has 0 aliphatic carbocycles. The number of nitrogens with one attached hydrogen (secondary N) is 1. The molecule has 7 nitrogen and oxygen atoms in total. The summed E-state index contributed by atoms with van der Waals surface area (Å²) in [5, 5.41) is 11.8. The molecule has 0 bridgehead atoms. The zero-order valence-electron chi connectivity index (χ0n) is 14.3. The topological polar surface area (TPSA) is 99.8 Å². The van der Waals surface area contributed by atoms with Crippen molar-refractivity contribution in [3.05, 3.63) is 47.7 Å². The number of phenolic OH excluding ortho intramolecular Hbond substituents is 1. The van der Waals surface area contributed by atoms with Crippen LogP contribution in [0.4, 0.5) is 0 Å². The van der Waals surface area contributed by atoms with E-state index in [1.54, 1.807) is 24.3 Å². The Morgan fingerprint density at radius 3 is 2.46 bits per heavy atom. The molecule has 1 saturated heterocycles. The van der Waals surface area contributed by atoms with Crippen molar-refractivity contribution in [3.63, 3.8) is 0 Å². The quantitative estimate of drug-likeness (QED) is 0.802. The fourth-order valence-electron chi connectivity index (χ4n) is 2.88. The first kappa shape index (κ1) is 18.5. The molecule has 1 aromatic carbocycles. The standard InChI is InChI=1S/C18H22N2O5S/c21-15-6-4-14(5-7-15)10-11-19-18(22)16-8-9-17(25-16)26(23,24)20-12-2-1-3-13-20/h4-9,21H,1-3,10-13H2,(H,19,22). The highest BCUT2D eigenvalue weighted by molar-refractivity contribution is 7.89. The molecule has 26 heavy (non-hydrogen) atoms. The van der Waals surface area contributed by atoms with Crippen LogP contribution in [-0.4, -0.2) is 43.4 Å². The van der Waals surface area contributed by atoms with Crippen LogP contribution >= 0.6 is 0 Å². The number of phenols is 1. The Labute approximate surface area is 152 Å². The molecule has 1 fully saturated rings. The molecular weight excluding hydrogens is 356 g/mol. The van der Waals surface area contributed by atoms with Crippen LogP contribution in [0.2, 0.25) is 0 Å². The molecule has 1 amide bonds. The molecule has 0 spiro atoms. The molecule has 0 radical (unpaired) electrons. The van der Waals surface area contributed by atoms with Gasteiger partial charge in [0.25, 0.3) is 15.9 Å². The molecule has 1 aliphatic heterocycles. The Balaban J connectivity index is 1.58. The van der Waals surface area contributed by atoms with Gasteiger partial charge in [-0.3, -0.25) is 4.79 Å². The van der Waals surface area contributed by atoms with Gasteiger partial charge in [0.1, 0.15) is 5.75 Å². The molecule has 0 unspecified atom stereocenters. The second kappa shape index (κ2) is 7.92. The van der Waals surface area contributed by atoms with E-state index < -0.39 is 15.9 Å². The average Bonchev–Trinajstić information content (AvgIpc) is 3.15. The molecule has 0 saturated carbocycles. The third kappa shape index (κ3) is 4.25. The number of carbonyl (C=O) groups is 1. The maximum atomic E-state index is 12.5. The van der Waals surface area contributed by atoms with E-state index in [4.69, 9.17) is 4.42 Å². The number of piperidine rings is 1. The average molecular weight is 378 g/mol. The van der Waals surface area contributed by atoms with Crippen LogP contribution in [0.15, 0.2) is 45.9 Å². The number of amides is 1. The predicted octanol–water partition coefficient (Wildman–Crippen LogP) is 2.13. The van der Waals surface area contributed by atoms with Crippen LogP contribution < -0.4 is 5.32 Å². The Kier molecular flexibility index (Phi) is 5.63. The molecule has 2 N–H and O–H groups in total. The van der Waals surface area contributed by atoms with Crippen LogP contribution in [0.3, 0.4) is 0 Å². The maximum Gasteiger partial charge on any atom is 0.287 e. The van der Waals surface area contributed by atoms with Gasteiger partial charge in [-0.1, -0.05) is 18.6 Å². The number of sulfonamides is 1. The van der Waals surface area contributed by atoms with Crippen LogP contribution in [0.25, 0.3) is 0 Å². The lowest BCUT2D eigenvalue weighted by Gasteiger charge is -2.24. The lowest BCUT2D eigenvalue weighted by atomic mass is 10.1. The van der Waals surface area contributed by atoms with E-state index in [0.717, 1.165) is 24.8 Å². The Bertz CT molecular complexity index is 852. The summed E-state index contributed by atoms with van der Waals surface area (Å²) in [6, 6.07) is 9.43. The first-order chi connectivity index (χ1) is 12.5. The van der Waals surface area contributed by atoms with Crippen molar-refractivity contribution < 1.29 is 22.7 Å². The Morgan fingerprint density at radius 2 is 1.77 bits per heavy atom. The number of carbonyl (C=O) groups excluding carboxylic acids is 1. The first-order valence-electron chi connectivity index (χ1n) is 8.63. The van der Waals surface area contributed by atoms with Crippen LogP contribution in [0.5, 0.6) is 5.75 Å². The normalized spacial score (nSPS) is 15.7. The molecule has 1 aromatic heterocycles. The second-order valence-corrected chi connectivity index (χ2v) is 8.12. The fraction of sp³-hybridized carbons (Fsp3) is 0.389. The largest absolute Gasteiger partial charge is 0.508 e. The molecular formula is C18H22N2O5S. The van der Waals surface area contributed by atoms with Crippen molar-refractivity contribution in [3.8, 4) is 5.75 Å². The lowest BCUT2D eigenvalue weighted by molar-refractivity contribution is 0.0921. The highest BCUT2D eigenvalue weighted by Gasteiger charge is 2.29. The Hall–Kier alpha value is -2.32. The minimum Gasteiger partial charge on any atom is -0.508 e. The highest BCUT2D eigenvalue weighted by Crippen LogP contribution is 2.22. The van der Waals surface area contributed by atoms with Crippen LogP contribution in [0, 0.1) is 0 Å². The summed E-state index contributed by atoms with van der Waals surface area (Å²) in [6.45, 7) is 1.34. The van der Waals surface area contributed by atoms with Gasteiger partial charge < -0.3 is 14.8 Å². The fourth-order valence-corrected chi connectivity index (χ4v) is 4.31. The molecule has 140 valence electrons. The van der Waals surface area contributed by atoms with Gasteiger partial charge in [-0.25, -0.2) is 8.42 Å². The number of hydrogen-bond donors (Lipinski definition) is 2. The molecule has 0 atom stereocenters. The Morgan fingerprint density at radius 1 is 1.08 bits per heavy atom. The minimum atomic E-state index is -3.68. The van der Waals surface area contributed by atoms with Gasteiger partial charge in [0.05, 0.1) is 0 Å². The predicted molar refractivity (Wildman–Crippen MR) is 95.5 cm³/mol. The molecule has 2 heterocycles. The van der Waals surface area contributed by atoms with E-state index in [-0.39, 0.29) is 16.6 Å². The SMILES string of the molecule is O=C(NCCc1ccc(O)cc1)c1ccc(S(=O)(=O)N2CCCCC2)o1. The number of benzene rings is 1. The highest BCUT2D eigenvalue weighted by atomic mass is 32.2.